The van der Waals surface area contributed by atoms with Gasteiger partial charge in [0.2, 0.25) is 0 Å². The molecule has 1 aromatic heterocycles. The average Bonchev–Trinajstić information content (AvgIpc) is 3.00. The zero-order valence-corrected chi connectivity index (χ0v) is 14.3. The number of nitrogens with zero attached hydrogens (tertiary/aromatic N) is 2. The number of nitrogens with two attached hydrogens (primary N) is 1. The van der Waals surface area contributed by atoms with Crippen LogP contribution in [0.4, 0.5) is 26.1 Å². The van der Waals surface area contributed by atoms with Gasteiger partial charge in [0.05, 0.1) is 0 Å². The molecule has 138 valence electrons. The highest BCUT2D eigenvalue weighted by molar-refractivity contribution is 6.30. The summed E-state index contributed by atoms with van der Waals surface area (Å²) < 4.78 is 26.8. The zero-order valence-electron chi connectivity index (χ0n) is 13.5. The first-order chi connectivity index (χ1) is 12.8. The van der Waals surface area contributed by atoms with E-state index in [0.717, 1.165) is 18.3 Å². The number of hydrogen-bond donors (Lipinski definition) is 4. The van der Waals surface area contributed by atoms with Crippen molar-refractivity contribution in [2.24, 2.45) is 10.7 Å². The number of amides is 1. The van der Waals surface area contributed by atoms with Gasteiger partial charge in [-0.25, -0.2) is 13.8 Å². The van der Waals surface area contributed by atoms with Gasteiger partial charge >= 0.3 is 0 Å². The summed E-state index contributed by atoms with van der Waals surface area (Å²) in [4.78, 5) is 15.8. The number of carbonyl (C=O) groups is 1. The van der Waals surface area contributed by atoms with Crippen LogP contribution in [-0.4, -0.2) is 27.4 Å². The van der Waals surface area contributed by atoms with Gasteiger partial charge < -0.3 is 16.2 Å². The molecule has 0 radical (unpaired) electrons. The van der Waals surface area contributed by atoms with Gasteiger partial charge in [0.1, 0.15) is 5.56 Å². The Balaban J connectivity index is 1.92. The fourth-order valence-electron chi connectivity index (χ4n) is 2.25. The van der Waals surface area contributed by atoms with E-state index in [-0.39, 0.29) is 22.8 Å². The Hall–Kier alpha value is -3.46. The van der Waals surface area contributed by atoms with Crippen LogP contribution in [0.3, 0.4) is 0 Å². The van der Waals surface area contributed by atoms with Crippen LogP contribution in [0.1, 0.15) is 15.9 Å². The van der Waals surface area contributed by atoms with E-state index in [1.54, 1.807) is 24.3 Å². The lowest BCUT2D eigenvalue weighted by Gasteiger charge is -2.05. The van der Waals surface area contributed by atoms with E-state index in [0.29, 0.717) is 10.7 Å². The van der Waals surface area contributed by atoms with Crippen molar-refractivity contribution in [1.29, 1.82) is 0 Å². The van der Waals surface area contributed by atoms with Crippen molar-refractivity contribution >= 4 is 41.0 Å². The van der Waals surface area contributed by atoms with Crippen molar-refractivity contribution in [2.75, 3.05) is 5.32 Å². The number of hydrogen-bond acceptors (Lipinski definition) is 5. The molecule has 2 aromatic carbocycles. The van der Waals surface area contributed by atoms with Crippen LogP contribution >= 0.6 is 11.6 Å². The smallest absolute Gasteiger partial charge is 0.256 e. The normalized spacial score (nSPS) is 11.1. The summed E-state index contributed by atoms with van der Waals surface area (Å²) in [6, 6.07) is 8.47. The number of rotatable bonds is 5. The molecule has 0 spiro atoms. The van der Waals surface area contributed by atoms with Gasteiger partial charge in [0, 0.05) is 16.9 Å². The predicted molar refractivity (Wildman–Crippen MR) is 97.1 cm³/mol. The van der Waals surface area contributed by atoms with E-state index in [4.69, 9.17) is 22.4 Å². The molecule has 0 saturated carbocycles. The second-order valence-electron chi connectivity index (χ2n) is 5.39. The van der Waals surface area contributed by atoms with Gasteiger partial charge in [0.25, 0.3) is 5.91 Å². The molecule has 27 heavy (non-hydrogen) atoms. The molecule has 3 rings (SSSR count). The van der Waals surface area contributed by atoms with Crippen LogP contribution in [0.25, 0.3) is 0 Å². The SMILES string of the molecule is NC(=O)c1c(Nc2cccc(Cl)c2)n[nH]c1N=Cc1cc(F)c(O)c(F)c1. The van der Waals surface area contributed by atoms with E-state index >= 15 is 0 Å². The van der Waals surface area contributed by atoms with Crippen molar-refractivity contribution < 1.29 is 18.7 Å². The summed E-state index contributed by atoms with van der Waals surface area (Å²) in [6.45, 7) is 0. The molecule has 0 aliphatic carbocycles. The number of phenolic OH excluding ortho intramolecular Hbond substituents is 1. The topological polar surface area (TPSA) is 116 Å². The van der Waals surface area contributed by atoms with Gasteiger partial charge in [-0.1, -0.05) is 17.7 Å². The number of anilines is 2. The Morgan fingerprint density at radius 1 is 1.30 bits per heavy atom. The number of aromatic hydroxyl groups is 1. The van der Waals surface area contributed by atoms with Gasteiger partial charge in [-0.15, -0.1) is 0 Å². The molecule has 0 bridgehead atoms. The quantitative estimate of drug-likeness (QED) is 0.497. The molecule has 0 unspecified atom stereocenters. The van der Waals surface area contributed by atoms with Gasteiger partial charge in [0.15, 0.2) is 29.0 Å². The first kappa shape index (κ1) is 18.3. The fourth-order valence-corrected chi connectivity index (χ4v) is 2.44. The lowest BCUT2D eigenvalue weighted by Crippen LogP contribution is -2.12. The summed E-state index contributed by atoms with van der Waals surface area (Å²) in [6.07, 6.45) is 1.09. The van der Waals surface area contributed by atoms with E-state index in [1.807, 2.05) is 0 Å². The second-order valence-corrected chi connectivity index (χ2v) is 5.82. The van der Waals surface area contributed by atoms with Crippen molar-refractivity contribution in [3.8, 4) is 5.75 Å². The van der Waals surface area contributed by atoms with Gasteiger partial charge in [-0.05, 0) is 35.9 Å². The highest BCUT2D eigenvalue weighted by Gasteiger charge is 2.18. The Morgan fingerprint density at radius 3 is 2.63 bits per heavy atom. The van der Waals surface area contributed by atoms with Crippen LogP contribution < -0.4 is 11.1 Å². The standard InChI is InChI=1S/C17H12ClF2N5O2/c18-9-2-1-3-10(6-9)23-17-13(15(21)27)16(24-25-17)22-7-8-4-11(19)14(26)12(20)5-8/h1-7,26H,(H2,21,27)(H2,23,24,25). The van der Waals surface area contributed by atoms with Crippen molar-refractivity contribution in [1.82, 2.24) is 10.2 Å². The Labute approximate surface area is 156 Å². The number of primary amides is 1. The zero-order chi connectivity index (χ0) is 19.6. The average molecular weight is 392 g/mol. The largest absolute Gasteiger partial charge is 0.503 e. The number of benzene rings is 2. The van der Waals surface area contributed by atoms with Gasteiger partial charge in [-0.2, -0.15) is 5.10 Å². The maximum atomic E-state index is 13.4. The molecule has 7 nitrogen and oxygen atoms in total. The number of nitrogens with one attached hydrogen (secondary N) is 2. The summed E-state index contributed by atoms with van der Waals surface area (Å²) >= 11 is 5.91. The van der Waals surface area contributed by atoms with E-state index in [1.165, 1.54) is 0 Å². The van der Waals surface area contributed by atoms with Crippen LogP contribution in [-0.2, 0) is 0 Å². The van der Waals surface area contributed by atoms with Crippen molar-refractivity contribution in [3.05, 3.63) is 64.2 Å². The number of aromatic amines is 1. The van der Waals surface area contributed by atoms with Crippen LogP contribution in [0.2, 0.25) is 5.02 Å². The van der Waals surface area contributed by atoms with Crippen LogP contribution in [0.15, 0.2) is 41.4 Å². The number of carbonyl (C=O) groups excluding carboxylic acids is 1. The molecular weight excluding hydrogens is 380 g/mol. The summed E-state index contributed by atoms with van der Waals surface area (Å²) in [5, 5.41) is 18.9. The lowest BCUT2D eigenvalue weighted by atomic mass is 10.2. The third-order valence-electron chi connectivity index (χ3n) is 3.46. The van der Waals surface area contributed by atoms with E-state index in [9.17, 15) is 13.6 Å². The first-order valence-electron chi connectivity index (χ1n) is 7.48. The van der Waals surface area contributed by atoms with Gasteiger partial charge in [-0.3, -0.25) is 9.89 Å². The molecule has 0 atom stereocenters. The summed E-state index contributed by atoms with van der Waals surface area (Å²) in [7, 11) is 0. The molecule has 5 N–H and O–H groups in total. The lowest BCUT2D eigenvalue weighted by molar-refractivity contribution is 0.100. The van der Waals surface area contributed by atoms with E-state index in [2.05, 4.69) is 20.5 Å². The minimum atomic E-state index is -1.14. The molecule has 1 heterocycles. The first-order valence-corrected chi connectivity index (χ1v) is 7.86. The summed E-state index contributed by atoms with van der Waals surface area (Å²) in [5.41, 5.74) is 5.93. The monoisotopic (exact) mass is 391 g/mol. The summed E-state index contributed by atoms with van der Waals surface area (Å²) in [5.74, 6) is -4.08. The van der Waals surface area contributed by atoms with Crippen LogP contribution in [0.5, 0.6) is 5.75 Å². The Kier molecular flexibility index (Phi) is 5.04. The maximum Gasteiger partial charge on any atom is 0.256 e. The fraction of sp³-hybridized carbons (Fsp3) is 0. The number of halogens is 3. The molecular formula is C17H12ClF2N5O2. The Bertz CT molecular complexity index is 1030. The number of H-pyrrole nitrogens is 1. The molecule has 10 heteroatoms. The van der Waals surface area contributed by atoms with E-state index < -0.39 is 23.3 Å². The molecule has 0 aliphatic heterocycles. The van der Waals surface area contributed by atoms with Crippen LogP contribution in [0, 0.1) is 11.6 Å². The third kappa shape index (κ3) is 4.04. The molecule has 0 fully saturated rings. The maximum absolute atomic E-state index is 13.4. The number of phenols is 1. The highest BCUT2D eigenvalue weighted by atomic mass is 35.5. The second kappa shape index (κ2) is 7.42. The molecule has 0 aliphatic rings. The minimum Gasteiger partial charge on any atom is -0.503 e. The van der Waals surface area contributed by atoms with Crippen molar-refractivity contribution in [2.45, 2.75) is 0 Å². The highest BCUT2D eigenvalue weighted by Crippen LogP contribution is 2.27. The molecule has 1 amide bonds. The minimum absolute atomic E-state index is 0.0130. The number of aromatic nitrogens is 2. The Morgan fingerprint density at radius 2 is 2.00 bits per heavy atom. The number of aliphatic imine (C=N–C) groups is 1. The van der Waals surface area contributed by atoms with Crippen molar-refractivity contribution in [3.63, 3.8) is 0 Å². The molecule has 0 saturated heterocycles. The third-order valence-corrected chi connectivity index (χ3v) is 3.70. The molecule has 3 aromatic rings. The predicted octanol–water partition coefficient (Wildman–Crippen LogP) is 3.64.